The number of anilines is 6. The third-order valence-corrected chi connectivity index (χ3v) is 13.1. The van der Waals surface area contributed by atoms with E-state index < -0.39 is 40.2 Å². The summed E-state index contributed by atoms with van der Waals surface area (Å²) in [5, 5.41) is 2.01. The Morgan fingerprint density at radius 2 is 0.824 bits per heavy atom. The topological polar surface area (TPSA) is 19.4 Å². The number of rotatable bonds is 9. The van der Waals surface area contributed by atoms with Gasteiger partial charge in [-0.15, -0.1) is 0 Å². The summed E-state index contributed by atoms with van der Waals surface area (Å²) in [6, 6.07) is 65.7. The van der Waals surface area contributed by atoms with E-state index in [2.05, 4.69) is 109 Å². The molecule has 0 saturated heterocycles. The van der Waals surface area contributed by atoms with E-state index in [4.69, 9.17) is 0 Å². The summed E-state index contributed by atoms with van der Waals surface area (Å²) >= 11 is 0. The maximum absolute atomic E-state index is 15.7. The zero-order valence-corrected chi connectivity index (χ0v) is 36.9. The van der Waals surface area contributed by atoms with Crippen LogP contribution in [0.3, 0.4) is 0 Å². The van der Waals surface area contributed by atoms with Crippen LogP contribution in [0.25, 0.3) is 55.3 Å². The lowest BCUT2D eigenvalue weighted by Gasteiger charge is -2.28. The van der Waals surface area contributed by atoms with Crippen molar-refractivity contribution in [3.05, 3.63) is 247 Å². The Kier molecular flexibility index (Phi) is 10.5. The van der Waals surface area contributed by atoms with E-state index >= 15 is 8.78 Å². The van der Waals surface area contributed by atoms with Crippen molar-refractivity contribution in [2.24, 2.45) is 0 Å². The lowest BCUT2D eigenvalue weighted by Crippen LogP contribution is -2.18. The van der Waals surface area contributed by atoms with Gasteiger partial charge in [-0.2, -0.15) is 0 Å². The Labute approximate surface area is 390 Å². The van der Waals surface area contributed by atoms with Gasteiger partial charge in [0, 0.05) is 39.9 Å². The Bertz CT molecular complexity index is 3480. The van der Waals surface area contributed by atoms with Gasteiger partial charge in [0.25, 0.3) is 0 Å². The highest BCUT2D eigenvalue weighted by molar-refractivity contribution is 6.09. The molecule has 9 aromatic carbocycles. The van der Waals surface area contributed by atoms with Crippen LogP contribution in [-0.4, -0.2) is 4.98 Å². The number of aromatic nitrogens is 1. The predicted molar refractivity (Wildman–Crippen MR) is 265 cm³/mol. The van der Waals surface area contributed by atoms with E-state index in [0.29, 0.717) is 5.56 Å². The van der Waals surface area contributed by atoms with E-state index in [-0.39, 0.29) is 11.5 Å². The normalized spacial score (nSPS) is 12.5. The minimum absolute atomic E-state index is 0.0483. The molecule has 0 radical (unpaired) electrons. The third kappa shape index (κ3) is 7.08. The van der Waals surface area contributed by atoms with Crippen LogP contribution < -0.4 is 9.80 Å². The molecular weight excluding hydrogens is 858 g/mol. The number of hydrogen-bond donors (Lipinski definition) is 0. The smallest absolute Gasteiger partial charge is 0.200 e. The molecule has 0 N–H and O–H groups in total. The number of benzene rings is 9. The highest BCUT2D eigenvalue weighted by atomic mass is 19.2. The van der Waals surface area contributed by atoms with E-state index in [0.717, 1.165) is 77.2 Å². The van der Waals surface area contributed by atoms with E-state index in [1.54, 1.807) is 36.5 Å². The number of pyridine rings is 1. The maximum Gasteiger partial charge on any atom is 0.200 e. The molecule has 0 spiro atoms. The number of halogens is 5. The molecule has 3 nitrogen and oxygen atoms in total. The second-order valence-corrected chi connectivity index (χ2v) is 17.4. The first-order valence-corrected chi connectivity index (χ1v) is 22.2. The molecule has 0 unspecified atom stereocenters. The SMILES string of the molecule is CC1(C)c2cc(N(c3ccccc3)c3ccc(-c4ccccc4)cc3)ccc2-c2c1cc(-c1ccc(N(c3ccc(-c4ccccc4)cc3)c3c(F)c(F)c(F)c(F)c3F)nc1)c1ccccc21. The van der Waals surface area contributed by atoms with Gasteiger partial charge in [0.1, 0.15) is 11.5 Å². The molecule has 1 aliphatic rings. The molecule has 8 heteroatoms. The van der Waals surface area contributed by atoms with Crippen LogP contribution in [0.1, 0.15) is 25.0 Å². The van der Waals surface area contributed by atoms with Crippen molar-refractivity contribution in [2.45, 2.75) is 19.3 Å². The number of fused-ring (bicyclic) bond motifs is 5. The van der Waals surface area contributed by atoms with Crippen molar-refractivity contribution in [3.8, 4) is 44.5 Å². The molecule has 0 saturated carbocycles. The van der Waals surface area contributed by atoms with Crippen LogP contribution in [0.15, 0.2) is 206 Å². The molecule has 0 aliphatic heterocycles. The second-order valence-electron chi connectivity index (χ2n) is 17.4. The Morgan fingerprint density at radius 3 is 1.38 bits per heavy atom. The van der Waals surface area contributed by atoms with Gasteiger partial charge in [-0.25, -0.2) is 26.9 Å². The lowest BCUT2D eigenvalue weighted by molar-refractivity contribution is 0.380. The quantitative estimate of drug-likeness (QED) is 0.0817. The summed E-state index contributed by atoms with van der Waals surface area (Å²) in [6.07, 6.45) is 1.58. The summed E-state index contributed by atoms with van der Waals surface area (Å²) in [5.41, 5.74) is 11.7. The molecule has 0 bridgehead atoms. The molecular formula is C60H40F5N3. The van der Waals surface area contributed by atoms with Crippen molar-refractivity contribution in [3.63, 3.8) is 0 Å². The van der Waals surface area contributed by atoms with Crippen molar-refractivity contribution in [2.75, 3.05) is 9.80 Å². The average molecular weight is 898 g/mol. The molecule has 0 fully saturated rings. The molecule has 0 atom stereocenters. The van der Waals surface area contributed by atoms with Crippen LogP contribution in [0.2, 0.25) is 0 Å². The fourth-order valence-corrected chi connectivity index (χ4v) is 9.68. The Balaban J connectivity index is 0.999. The largest absolute Gasteiger partial charge is 0.310 e. The molecule has 0 amide bonds. The monoisotopic (exact) mass is 897 g/mol. The van der Waals surface area contributed by atoms with Crippen LogP contribution in [-0.2, 0) is 5.41 Å². The van der Waals surface area contributed by atoms with Crippen molar-refractivity contribution in [1.29, 1.82) is 0 Å². The Morgan fingerprint density at radius 1 is 0.368 bits per heavy atom. The highest BCUT2D eigenvalue weighted by Gasteiger charge is 2.38. The van der Waals surface area contributed by atoms with Gasteiger partial charge in [0.15, 0.2) is 23.3 Å². The summed E-state index contributed by atoms with van der Waals surface area (Å²) in [7, 11) is 0. The van der Waals surface area contributed by atoms with Crippen LogP contribution >= 0.6 is 0 Å². The van der Waals surface area contributed by atoms with Crippen LogP contribution in [0, 0.1) is 29.1 Å². The maximum atomic E-state index is 15.7. The highest BCUT2D eigenvalue weighted by Crippen LogP contribution is 2.55. The van der Waals surface area contributed by atoms with E-state index in [9.17, 15) is 13.2 Å². The summed E-state index contributed by atoms with van der Waals surface area (Å²) < 4.78 is 75.6. The zero-order valence-electron chi connectivity index (χ0n) is 36.9. The first kappa shape index (κ1) is 42.3. The minimum Gasteiger partial charge on any atom is -0.310 e. The first-order valence-electron chi connectivity index (χ1n) is 22.2. The minimum atomic E-state index is -2.24. The summed E-state index contributed by atoms with van der Waals surface area (Å²) in [5.74, 6) is -10.3. The molecule has 10 aromatic rings. The first-order chi connectivity index (χ1) is 33.1. The van der Waals surface area contributed by atoms with Gasteiger partial charge in [-0.1, -0.05) is 147 Å². The van der Waals surface area contributed by atoms with E-state index in [1.165, 1.54) is 11.6 Å². The van der Waals surface area contributed by atoms with Crippen LogP contribution in [0.4, 0.5) is 56.2 Å². The van der Waals surface area contributed by atoms with Gasteiger partial charge in [-0.05, 0) is 128 Å². The number of para-hydroxylation sites is 1. The van der Waals surface area contributed by atoms with Gasteiger partial charge < -0.3 is 4.90 Å². The van der Waals surface area contributed by atoms with Gasteiger partial charge in [0.2, 0.25) is 5.82 Å². The van der Waals surface area contributed by atoms with Crippen molar-refractivity contribution in [1.82, 2.24) is 4.98 Å². The molecule has 1 aromatic heterocycles. The third-order valence-electron chi connectivity index (χ3n) is 13.1. The predicted octanol–water partition coefficient (Wildman–Crippen LogP) is 17.2. The fraction of sp³-hybridized carbons (Fsp3) is 0.0500. The van der Waals surface area contributed by atoms with Crippen molar-refractivity contribution >= 4 is 45.0 Å². The second kappa shape index (κ2) is 16.8. The molecule has 1 heterocycles. The van der Waals surface area contributed by atoms with Gasteiger partial charge in [-0.3, -0.25) is 4.90 Å². The van der Waals surface area contributed by atoms with E-state index in [1.807, 2.05) is 78.9 Å². The van der Waals surface area contributed by atoms with Gasteiger partial charge in [0.05, 0.1) is 0 Å². The number of nitrogens with zero attached hydrogens (tertiary/aromatic N) is 3. The molecule has 330 valence electrons. The van der Waals surface area contributed by atoms with Gasteiger partial charge >= 0.3 is 0 Å². The van der Waals surface area contributed by atoms with Crippen LogP contribution in [0.5, 0.6) is 0 Å². The summed E-state index contributed by atoms with van der Waals surface area (Å²) in [4.78, 5) is 7.93. The van der Waals surface area contributed by atoms with Crippen molar-refractivity contribution < 1.29 is 22.0 Å². The molecule has 68 heavy (non-hydrogen) atoms. The molecule has 1 aliphatic carbocycles. The molecule has 11 rings (SSSR count). The zero-order chi connectivity index (χ0) is 46.7. The fourth-order valence-electron chi connectivity index (χ4n) is 9.68. The average Bonchev–Trinajstić information content (AvgIpc) is 3.62. The lowest BCUT2D eigenvalue weighted by atomic mass is 9.80. The Hall–Kier alpha value is -8.36. The standard InChI is InChI=1S/C60H40F5N3/c1-60(2)50-34-45(67(42-18-10-5-11-19-42)43-27-22-39(23-28-43)37-14-6-3-7-15-37)31-32-48(50)53-47-21-13-12-20-46(47)49(35-51(53)60)41-26-33-52(66-36-41)68(59-57(64)55(62)54(61)56(63)58(59)65)44-29-24-40(25-30-44)38-16-8-4-9-17-38/h3-36H,1-2H3. The number of hydrogen-bond acceptors (Lipinski definition) is 3. The summed E-state index contributed by atoms with van der Waals surface area (Å²) in [6.45, 7) is 4.46.